The molecule has 0 bridgehead atoms. The summed E-state index contributed by atoms with van der Waals surface area (Å²) >= 11 is 0. The van der Waals surface area contributed by atoms with Crippen molar-refractivity contribution in [2.45, 2.75) is 45.7 Å². The van der Waals surface area contributed by atoms with Crippen LogP contribution in [0.4, 0.5) is 14.6 Å². The number of carbonyl (C=O) groups is 3. The van der Waals surface area contributed by atoms with Crippen molar-refractivity contribution in [2.24, 2.45) is 0 Å². The van der Waals surface area contributed by atoms with E-state index in [4.69, 9.17) is 4.74 Å². The summed E-state index contributed by atoms with van der Waals surface area (Å²) in [5.74, 6) is -2.10. The highest BCUT2D eigenvalue weighted by molar-refractivity contribution is 5.99. The highest BCUT2D eigenvalue weighted by Crippen LogP contribution is 2.32. The van der Waals surface area contributed by atoms with Crippen LogP contribution in [0.25, 0.3) is 16.9 Å². The topological polar surface area (TPSA) is 118 Å². The number of methoxy groups -OCH3 is 1. The molecule has 1 aliphatic rings. The SMILES string of the molecule is COc1cc(F)c(-c2ccc3nc(NC(C)=O)cn3n2)cc1C(=O)NCc1cc(F)ccc1C(=O)N1CCCC1(C)C. The molecule has 0 saturated carbocycles. The number of carbonyl (C=O) groups excluding carboxylic acids is 3. The predicted molar refractivity (Wildman–Crippen MR) is 151 cm³/mol. The maximum Gasteiger partial charge on any atom is 0.255 e. The van der Waals surface area contributed by atoms with Crippen molar-refractivity contribution in [3.8, 4) is 17.0 Å². The monoisotopic (exact) mass is 576 g/mol. The molecule has 12 heteroatoms. The molecule has 0 aliphatic carbocycles. The van der Waals surface area contributed by atoms with E-state index in [2.05, 4.69) is 20.7 Å². The lowest BCUT2D eigenvalue weighted by Gasteiger charge is -2.32. The Balaban J connectivity index is 1.42. The first-order valence-corrected chi connectivity index (χ1v) is 13.4. The number of halogens is 2. The largest absolute Gasteiger partial charge is 0.496 e. The second-order valence-corrected chi connectivity index (χ2v) is 10.7. The molecule has 3 amide bonds. The molecule has 10 nitrogen and oxygen atoms in total. The zero-order chi connectivity index (χ0) is 30.2. The number of hydrogen-bond acceptors (Lipinski definition) is 6. The zero-order valence-corrected chi connectivity index (χ0v) is 23.6. The van der Waals surface area contributed by atoms with Crippen LogP contribution in [0.15, 0.2) is 48.7 Å². The van der Waals surface area contributed by atoms with Crippen LogP contribution in [-0.2, 0) is 11.3 Å². The van der Waals surface area contributed by atoms with Crippen LogP contribution in [0.1, 0.15) is 59.9 Å². The molecule has 1 saturated heterocycles. The van der Waals surface area contributed by atoms with E-state index >= 15 is 4.39 Å². The van der Waals surface area contributed by atoms with E-state index in [0.29, 0.717) is 23.3 Å². The molecule has 1 fully saturated rings. The quantitative estimate of drug-likeness (QED) is 0.333. The van der Waals surface area contributed by atoms with Gasteiger partial charge in [0.15, 0.2) is 11.5 Å². The van der Waals surface area contributed by atoms with Crippen molar-refractivity contribution < 1.29 is 27.9 Å². The van der Waals surface area contributed by atoms with E-state index in [1.165, 1.54) is 55.1 Å². The van der Waals surface area contributed by atoms with E-state index in [1.807, 2.05) is 13.8 Å². The molecular formula is C30H30F2N6O4. The van der Waals surface area contributed by atoms with Gasteiger partial charge in [-0.15, -0.1) is 0 Å². The van der Waals surface area contributed by atoms with Gasteiger partial charge in [-0.25, -0.2) is 18.3 Å². The smallest absolute Gasteiger partial charge is 0.255 e. The number of fused-ring (bicyclic) bond motifs is 1. The zero-order valence-electron chi connectivity index (χ0n) is 23.6. The molecule has 0 radical (unpaired) electrons. The molecule has 1 aliphatic heterocycles. The Morgan fingerprint density at radius 3 is 2.55 bits per heavy atom. The van der Waals surface area contributed by atoms with E-state index in [-0.39, 0.29) is 52.3 Å². The number of amides is 3. The van der Waals surface area contributed by atoms with Gasteiger partial charge >= 0.3 is 0 Å². The fraction of sp³-hybridized carbons (Fsp3) is 0.300. The van der Waals surface area contributed by atoms with Gasteiger partial charge in [-0.3, -0.25) is 14.4 Å². The molecule has 0 atom stereocenters. The second kappa shape index (κ2) is 11.2. The average molecular weight is 577 g/mol. The van der Waals surface area contributed by atoms with Crippen LogP contribution >= 0.6 is 0 Å². The lowest BCUT2D eigenvalue weighted by Crippen LogP contribution is -2.43. The molecule has 4 aromatic rings. The lowest BCUT2D eigenvalue weighted by molar-refractivity contribution is -0.114. The van der Waals surface area contributed by atoms with Gasteiger partial charge in [0.2, 0.25) is 5.91 Å². The third kappa shape index (κ3) is 5.65. The molecule has 2 N–H and O–H groups in total. The van der Waals surface area contributed by atoms with E-state index < -0.39 is 17.5 Å². The van der Waals surface area contributed by atoms with Crippen molar-refractivity contribution in [1.29, 1.82) is 0 Å². The highest BCUT2D eigenvalue weighted by Gasteiger charge is 2.36. The van der Waals surface area contributed by atoms with Crippen LogP contribution in [0.3, 0.4) is 0 Å². The number of hydrogen-bond donors (Lipinski definition) is 2. The number of imidazole rings is 1. The maximum absolute atomic E-state index is 15.2. The molecule has 5 rings (SSSR count). The summed E-state index contributed by atoms with van der Waals surface area (Å²) in [6, 6.07) is 9.41. The van der Waals surface area contributed by atoms with Crippen molar-refractivity contribution in [1.82, 2.24) is 24.8 Å². The first-order chi connectivity index (χ1) is 20.0. The van der Waals surface area contributed by atoms with Crippen molar-refractivity contribution in [2.75, 3.05) is 19.0 Å². The Morgan fingerprint density at radius 1 is 1.07 bits per heavy atom. The fourth-order valence-electron chi connectivity index (χ4n) is 5.18. The Labute approximate surface area is 240 Å². The van der Waals surface area contributed by atoms with Gasteiger partial charge in [-0.2, -0.15) is 5.10 Å². The van der Waals surface area contributed by atoms with Gasteiger partial charge in [-0.1, -0.05) is 0 Å². The summed E-state index contributed by atoms with van der Waals surface area (Å²) in [5, 5.41) is 9.66. The van der Waals surface area contributed by atoms with Crippen LogP contribution in [-0.4, -0.2) is 56.4 Å². The standard InChI is InChI=1S/C30H30F2N6O4/c1-17(39)34-26-16-38-27(35-26)9-8-24(36-38)21-13-22(25(42-4)14-23(21)32)28(40)33-15-18-12-19(31)6-7-20(18)29(41)37-11-5-10-30(37,2)3/h6-9,12-14,16H,5,10-11,15H2,1-4H3,(H,33,40)(H,34,39). The van der Waals surface area contributed by atoms with Crippen LogP contribution in [0, 0.1) is 11.6 Å². The Kier molecular flexibility index (Phi) is 7.63. The normalized spacial score (nSPS) is 14.2. The van der Waals surface area contributed by atoms with E-state index in [0.717, 1.165) is 18.9 Å². The lowest BCUT2D eigenvalue weighted by atomic mass is 9.99. The number of rotatable bonds is 7. The van der Waals surface area contributed by atoms with Crippen molar-refractivity contribution in [3.05, 3.63) is 77.0 Å². The Morgan fingerprint density at radius 2 is 1.86 bits per heavy atom. The van der Waals surface area contributed by atoms with Crippen molar-refractivity contribution >= 4 is 29.2 Å². The molecule has 0 spiro atoms. The van der Waals surface area contributed by atoms with Gasteiger partial charge < -0.3 is 20.3 Å². The molecule has 42 heavy (non-hydrogen) atoms. The van der Waals surface area contributed by atoms with Gasteiger partial charge in [0.05, 0.1) is 24.6 Å². The first-order valence-electron chi connectivity index (χ1n) is 13.4. The molecule has 0 unspecified atom stereocenters. The number of likely N-dealkylation sites (tertiary alicyclic amines) is 1. The number of nitrogens with zero attached hydrogens (tertiary/aromatic N) is 4. The van der Waals surface area contributed by atoms with Crippen LogP contribution in [0.2, 0.25) is 0 Å². The van der Waals surface area contributed by atoms with Gasteiger partial charge in [-0.05, 0) is 68.7 Å². The minimum absolute atomic E-state index is 0.0141. The molecule has 3 heterocycles. The van der Waals surface area contributed by atoms with Gasteiger partial charge in [0, 0.05) is 42.7 Å². The first kappa shape index (κ1) is 28.7. The second-order valence-electron chi connectivity index (χ2n) is 10.7. The van der Waals surface area contributed by atoms with Gasteiger partial charge in [0.1, 0.15) is 17.4 Å². The van der Waals surface area contributed by atoms with Crippen LogP contribution in [0.5, 0.6) is 5.75 Å². The van der Waals surface area contributed by atoms with E-state index in [1.54, 1.807) is 11.0 Å². The molecular weight excluding hydrogens is 546 g/mol. The minimum atomic E-state index is -0.677. The minimum Gasteiger partial charge on any atom is -0.496 e. The summed E-state index contributed by atoms with van der Waals surface area (Å²) in [7, 11) is 1.31. The maximum atomic E-state index is 15.2. The number of aromatic nitrogens is 3. The van der Waals surface area contributed by atoms with Gasteiger partial charge in [0.25, 0.3) is 11.8 Å². The van der Waals surface area contributed by atoms with E-state index in [9.17, 15) is 18.8 Å². The summed E-state index contributed by atoms with van der Waals surface area (Å²) in [6.45, 7) is 5.78. The summed E-state index contributed by atoms with van der Waals surface area (Å²) < 4.78 is 36.1. The predicted octanol–water partition coefficient (Wildman–Crippen LogP) is 4.59. The molecule has 2 aromatic carbocycles. The Hall–Kier alpha value is -4.87. The number of ether oxygens (including phenoxy) is 1. The number of nitrogens with one attached hydrogen (secondary N) is 2. The summed E-state index contributed by atoms with van der Waals surface area (Å²) in [6.07, 6.45) is 3.21. The fourth-order valence-corrected chi connectivity index (χ4v) is 5.18. The third-order valence-corrected chi connectivity index (χ3v) is 7.32. The molecule has 2 aromatic heterocycles. The third-order valence-electron chi connectivity index (χ3n) is 7.32. The summed E-state index contributed by atoms with van der Waals surface area (Å²) in [4.78, 5) is 44.1. The van der Waals surface area contributed by atoms with Crippen LogP contribution < -0.4 is 15.4 Å². The number of anilines is 1. The highest BCUT2D eigenvalue weighted by atomic mass is 19.1. The number of benzene rings is 2. The van der Waals surface area contributed by atoms with Crippen molar-refractivity contribution in [3.63, 3.8) is 0 Å². The summed E-state index contributed by atoms with van der Waals surface area (Å²) in [5.41, 5.74) is 0.959. The molecule has 218 valence electrons. The average Bonchev–Trinajstić information content (AvgIpc) is 3.51. The Bertz CT molecular complexity index is 1720.